The number of halogens is 2. The highest BCUT2D eigenvalue weighted by molar-refractivity contribution is 14.2. The van der Waals surface area contributed by atoms with Crippen LogP contribution < -0.4 is 0 Å². The molecule has 0 aliphatic rings. The summed E-state index contributed by atoms with van der Waals surface area (Å²) in [6.45, 7) is 14.0. The van der Waals surface area contributed by atoms with Gasteiger partial charge in [0.25, 0.3) is 0 Å². The summed E-state index contributed by atoms with van der Waals surface area (Å²) in [6.07, 6.45) is -1.31. The molecule has 0 aliphatic heterocycles. The van der Waals surface area contributed by atoms with Crippen molar-refractivity contribution in [1.82, 2.24) is 4.57 Å². The predicted octanol–water partition coefficient (Wildman–Crippen LogP) is 7.62. The second-order valence-electron chi connectivity index (χ2n) is 18.5. The Morgan fingerprint density at radius 2 is 1.11 bits per heavy atom. The molecule has 0 saturated carbocycles. The molecule has 76 heavy (non-hydrogen) atoms. The van der Waals surface area contributed by atoms with Crippen molar-refractivity contribution in [3.05, 3.63) is 11.1 Å². The zero-order chi connectivity index (χ0) is 58.9. The summed E-state index contributed by atoms with van der Waals surface area (Å²) in [7, 11) is -2.40. The minimum Gasteiger partial charge on any atom is -0.494 e. The molecule has 1 rings (SSSR count). The SMILES string of the molecule is [B]P(I)C(C)(CC(C(=O)O)C(C(=O)O)C(CC)[Si](OCC)(OCC)O[Si](OCC)(OCC)C(CC)C(C(=O)O)C(CC(C)(P[B]I)c1c(C)c(O)n(CCC[Si](OC)(OC)OC)c1O)C(=O)O)C(C(=O)O)C(C)C(=O)O. The molecular weight excluding hydrogens is 1320 g/mol. The molecule has 12 atom stereocenters. The van der Waals surface area contributed by atoms with Crippen LogP contribution in [0, 0.1) is 42.4 Å². The van der Waals surface area contributed by atoms with E-state index in [1.165, 1.54) is 53.6 Å². The number of hydrogen-bond donors (Lipinski definition) is 8. The van der Waals surface area contributed by atoms with E-state index in [1.807, 2.05) is 22.4 Å². The highest BCUT2D eigenvalue weighted by Crippen LogP contribution is 2.62. The first-order valence-corrected chi connectivity index (χ1v) is 36.7. The van der Waals surface area contributed by atoms with E-state index in [0.29, 0.717) is 12.5 Å². The van der Waals surface area contributed by atoms with Gasteiger partial charge >= 0.3 is 62.2 Å². The molecule has 0 amide bonds. The molecule has 1 aromatic rings. The van der Waals surface area contributed by atoms with Gasteiger partial charge in [0.15, 0.2) is 11.8 Å². The molecule has 23 nitrogen and oxygen atoms in total. The van der Waals surface area contributed by atoms with Gasteiger partial charge in [0, 0.05) is 92.9 Å². The van der Waals surface area contributed by atoms with Crippen LogP contribution in [0.15, 0.2) is 0 Å². The van der Waals surface area contributed by atoms with E-state index >= 15 is 0 Å². The van der Waals surface area contributed by atoms with Crippen LogP contribution in [0.4, 0.5) is 0 Å². The maximum atomic E-state index is 14.1. The van der Waals surface area contributed by atoms with Crippen molar-refractivity contribution in [2.45, 2.75) is 135 Å². The van der Waals surface area contributed by atoms with Gasteiger partial charge in [0.1, 0.15) is 7.57 Å². The van der Waals surface area contributed by atoms with Crippen LogP contribution in [0.3, 0.4) is 0 Å². The van der Waals surface area contributed by atoms with Crippen LogP contribution in [0.25, 0.3) is 0 Å². The quantitative estimate of drug-likeness (QED) is 0.0177. The van der Waals surface area contributed by atoms with E-state index in [1.54, 1.807) is 61.5 Å². The third-order valence-electron chi connectivity index (χ3n) is 14.1. The lowest BCUT2D eigenvalue weighted by molar-refractivity contribution is -0.158. The molecule has 0 fully saturated rings. The van der Waals surface area contributed by atoms with Crippen molar-refractivity contribution in [2.75, 3.05) is 47.8 Å². The molecule has 12 unspecified atom stereocenters. The maximum Gasteiger partial charge on any atom is 0.500 e. The van der Waals surface area contributed by atoms with Crippen molar-refractivity contribution >= 4 is 133 Å². The second-order valence-corrected chi connectivity index (χ2v) is 35.7. The number of carboxylic acid groups (broad SMARTS) is 6. The van der Waals surface area contributed by atoms with E-state index in [4.69, 9.17) is 42.7 Å². The molecule has 32 heteroatoms. The molecule has 8 N–H and O–H groups in total. The van der Waals surface area contributed by atoms with E-state index in [2.05, 4.69) is 0 Å². The largest absolute Gasteiger partial charge is 0.500 e. The average Bonchev–Trinajstić information content (AvgIpc) is 3.55. The Labute approximate surface area is 480 Å². The van der Waals surface area contributed by atoms with Crippen LogP contribution in [0.5, 0.6) is 11.8 Å². The summed E-state index contributed by atoms with van der Waals surface area (Å²) in [5.41, 5.74) is -4.69. The number of rotatable bonds is 41. The number of aromatic hydroxyl groups is 2. The van der Waals surface area contributed by atoms with E-state index in [-0.39, 0.29) is 77.2 Å². The lowest BCUT2D eigenvalue weighted by Crippen LogP contribution is -2.66. The second kappa shape index (κ2) is 32.2. The Morgan fingerprint density at radius 3 is 1.41 bits per heavy atom. The van der Waals surface area contributed by atoms with Crippen molar-refractivity contribution in [2.24, 2.45) is 35.5 Å². The summed E-state index contributed by atoms with van der Waals surface area (Å²) in [4.78, 5) is 82.4. The zero-order valence-electron chi connectivity index (χ0n) is 45.5. The summed E-state index contributed by atoms with van der Waals surface area (Å²) in [5, 5.41) is 85.7. The van der Waals surface area contributed by atoms with Gasteiger partial charge in [-0.25, -0.2) is 0 Å². The minimum atomic E-state index is -4.94. The van der Waals surface area contributed by atoms with Gasteiger partial charge in [0.05, 0.1) is 35.5 Å². The lowest BCUT2D eigenvalue weighted by atomic mass is 9.74. The van der Waals surface area contributed by atoms with E-state index in [9.17, 15) is 69.6 Å². The highest BCUT2D eigenvalue weighted by Gasteiger charge is 2.67. The fourth-order valence-electron chi connectivity index (χ4n) is 10.6. The zero-order valence-corrected chi connectivity index (χ0v) is 54.7. The van der Waals surface area contributed by atoms with Gasteiger partial charge in [-0.2, -0.15) is 22.4 Å². The van der Waals surface area contributed by atoms with Gasteiger partial charge in [-0.05, 0) is 66.7 Å². The van der Waals surface area contributed by atoms with Crippen molar-refractivity contribution in [3.63, 3.8) is 0 Å². The minimum absolute atomic E-state index is 0.0569. The Balaban J connectivity index is 4.47. The van der Waals surface area contributed by atoms with Gasteiger partial charge in [-0.15, -0.1) is 8.46 Å². The third-order valence-corrected chi connectivity index (χ3v) is 32.2. The maximum absolute atomic E-state index is 14.1. The van der Waals surface area contributed by atoms with E-state index in [0.717, 1.165) is 6.92 Å². The number of carboxylic acids is 6. The first-order valence-electron chi connectivity index (χ1n) is 24.7. The molecule has 433 valence electrons. The molecular formula is C44H78B2I2NO22P2Si3. The lowest BCUT2D eigenvalue weighted by Gasteiger charge is -2.48. The molecule has 1 aromatic heterocycles. The van der Waals surface area contributed by atoms with Crippen LogP contribution in [-0.4, -0.2) is 173 Å². The van der Waals surface area contributed by atoms with Gasteiger partial charge in [-0.3, -0.25) is 33.3 Å². The van der Waals surface area contributed by atoms with Crippen LogP contribution >= 0.6 is 58.3 Å². The Kier molecular flexibility index (Phi) is 30.7. The number of nitrogens with zero attached hydrogens (tertiary/aromatic N) is 1. The number of aromatic nitrogens is 1. The standard InChI is InChI=1S/C44H78B2I2NO22P2Si3/c1-14-29(31(40(58)59)27(38(54)55)23-43(9,72-46-47)33-25(7)35(50)49(36(33)51)21-20-22-74(64-11,65-12)66-13)75(67-16-3,68-17-4)71-76(69-18-5,70-19-6)30(15-2)32(41(60)61)28(39(56)57)24-44(10,73(45)48)34(42(62)63)26(8)37(52)53/h26-32,34,50-51,72H,14-24H2,1-13H3,(H,52,53)(H,54,55)(H,56,57)(H,58,59)(H,60,61)(H,62,63). The molecule has 0 spiro atoms. The molecule has 0 saturated heterocycles. The van der Waals surface area contributed by atoms with Crippen molar-refractivity contribution in [1.29, 1.82) is 0 Å². The fourth-order valence-corrected chi connectivity index (χ4v) is 26.8. The number of carbonyl (C=O) groups is 6. The summed E-state index contributed by atoms with van der Waals surface area (Å²) >= 11 is 3.70. The Hall–Kier alpha value is -1.52. The van der Waals surface area contributed by atoms with Gasteiger partial charge in [0.2, 0.25) is 4.86 Å². The summed E-state index contributed by atoms with van der Waals surface area (Å²) in [5.74, 6) is -21.5. The highest BCUT2D eigenvalue weighted by atomic mass is 127. The molecule has 3 radical (unpaired) electrons. The van der Waals surface area contributed by atoms with Gasteiger partial charge in [-0.1, -0.05) is 62.1 Å². The monoisotopic (exact) mass is 1390 g/mol. The van der Waals surface area contributed by atoms with Crippen LogP contribution in [-0.2, 0) is 75.6 Å². The van der Waals surface area contributed by atoms with Gasteiger partial charge < -0.3 is 75.9 Å². The molecule has 0 aliphatic carbocycles. The first-order chi connectivity index (χ1) is 35.4. The fraction of sp³-hybridized carbons (Fsp3) is 0.773. The predicted molar refractivity (Wildman–Crippen MR) is 308 cm³/mol. The number of aliphatic carboxylic acids is 6. The van der Waals surface area contributed by atoms with Crippen LogP contribution in [0.1, 0.15) is 106 Å². The van der Waals surface area contributed by atoms with Crippen LogP contribution in [0.2, 0.25) is 17.1 Å². The Morgan fingerprint density at radius 1 is 0.697 bits per heavy atom. The molecule has 0 bridgehead atoms. The van der Waals surface area contributed by atoms with Crippen molar-refractivity contribution in [3.8, 4) is 11.8 Å². The van der Waals surface area contributed by atoms with E-state index < -0.39 is 137 Å². The average molecular weight is 1390 g/mol. The first kappa shape index (κ1) is 72.5. The molecule has 1 heterocycles. The van der Waals surface area contributed by atoms with Crippen molar-refractivity contribution < 1.29 is 105 Å². The summed E-state index contributed by atoms with van der Waals surface area (Å²) < 4.78 is 50.9. The Bertz CT molecular complexity index is 2080. The summed E-state index contributed by atoms with van der Waals surface area (Å²) in [6, 6.07) is 0.303. The third kappa shape index (κ3) is 16.8. The number of hydrogen-bond acceptors (Lipinski definition) is 16. The smallest absolute Gasteiger partial charge is 0.494 e. The normalized spacial score (nSPS) is 17.8. The topological polar surface area (TPSA) is 343 Å². The molecule has 0 aromatic carbocycles.